The number of ether oxygens (including phenoxy) is 1. The molecular formula is C19H13Cl3N2O4S. The molecule has 10 heteroatoms. The van der Waals surface area contributed by atoms with Gasteiger partial charge in [-0.3, -0.25) is 0 Å². The Hall–Kier alpha value is -2.19. The number of carbonyl (C=O) groups excluding carboxylic acids is 1. The van der Waals surface area contributed by atoms with Crippen molar-refractivity contribution in [2.75, 3.05) is 0 Å². The third-order valence-corrected chi connectivity index (χ3v) is 6.15. The van der Waals surface area contributed by atoms with Crippen LogP contribution in [0, 0.1) is 6.92 Å². The molecule has 0 spiro atoms. The molecule has 29 heavy (non-hydrogen) atoms. The van der Waals surface area contributed by atoms with Crippen LogP contribution in [0.4, 0.5) is 0 Å². The molecule has 0 unspecified atom stereocenters. The third kappa shape index (κ3) is 5.05. The fourth-order valence-corrected chi connectivity index (χ4v) is 4.31. The summed E-state index contributed by atoms with van der Waals surface area (Å²) < 4.78 is 30.6. The van der Waals surface area contributed by atoms with Gasteiger partial charge in [0.25, 0.3) is 0 Å². The van der Waals surface area contributed by atoms with Gasteiger partial charge in [-0.1, -0.05) is 59.1 Å². The maximum absolute atomic E-state index is 12.7. The molecule has 0 N–H and O–H groups in total. The second-order valence-electron chi connectivity index (χ2n) is 6.00. The Balaban J connectivity index is 1.91. The van der Waals surface area contributed by atoms with Crippen molar-refractivity contribution < 1.29 is 17.9 Å². The Morgan fingerprint density at radius 3 is 2.48 bits per heavy atom. The number of hydrogen-bond acceptors (Lipinski definition) is 6. The van der Waals surface area contributed by atoms with Gasteiger partial charge < -0.3 is 4.74 Å². The molecule has 0 bridgehead atoms. The summed E-state index contributed by atoms with van der Waals surface area (Å²) in [5, 5.41) is -0.225. The van der Waals surface area contributed by atoms with Crippen LogP contribution in [0.1, 0.15) is 21.6 Å². The van der Waals surface area contributed by atoms with Crippen LogP contribution in [0.5, 0.6) is 5.75 Å². The van der Waals surface area contributed by atoms with Crippen LogP contribution in [0.25, 0.3) is 0 Å². The Morgan fingerprint density at radius 1 is 1.07 bits per heavy atom. The van der Waals surface area contributed by atoms with Gasteiger partial charge in [0.1, 0.15) is 5.75 Å². The number of carbonyl (C=O) groups is 1. The number of nitrogens with zero attached hydrogens (tertiary/aromatic N) is 2. The summed E-state index contributed by atoms with van der Waals surface area (Å²) in [5.74, 6) is -1.27. The summed E-state index contributed by atoms with van der Waals surface area (Å²) in [5.41, 5.74) is 1.02. The Bertz CT molecular complexity index is 1200. The zero-order valence-corrected chi connectivity index (χ0v) is 18.0. The average molecular weight is 472 g/mol. The van der Waals surface area contributed by atoms with Crippen LogP contribution >= 0.6 is 34.8 Å². The highest BCUT2D eigenvalue weighted by molar-refractivity contribution is 7.90. The number of hydrogen-bond donors (Lipinski definition) is 0. The second kappa shape index (κ2) is 8.67. The van der Waals surface area contributed by atoms with Gasteiger partial charge in [0.05, 0.1) is 22.0 Å². The molecule has 150 valence electrons. The van der Waals surface area contributed by atoms with Gasteiger partial charge in [0.2, 0.25) is 15.0 Å². The van der Waals surface area contributed by atoms with Crippen LogP contribution < -0.4 is 4.74 Å². The number of esters is 1. The first-order chi connectivity index (χ1) is 13.7. The van der Waals surface area contributed by atoms with E-state index in [4.69, 9.17) is 39.5 Å². The minimum Gasteiger partial charge on any atom is -0.420 e. The highest BCUT2D eigenvalue weighted by Crippen LogP contribution is 2.29. The quantitative estimate of drug-likeness (QED) is 0.298. The fraction of sp³-hybridized carbons (Fsp3) is 0.105. The van der Waals surface area contributed by atoms with Gasteiger partial charge in [-0.15, -0.1) is 0 Å². The molecule has 2 aromatic carbocycles. The topological polar surface area (TPSA) is 86.2 Å². The number of halogens is 3. The van der Waals surface area contributed by atoms with Crippen molar-refractivity contribution in [3.63, 3.8) is 0 Å². The smallest absolute Gasteiger partial charge is 0.364 e. The van der Waals surface area contributed by atoms with E-state index in [1.807, 2.05) is 0 Å². The van der Waals surface area contributed by atoms with Crippen molar-refractivity contribution in [3.05, 3.63) is 80.6 Å². The van der Waals surface area contributed by atoms with E-state index in [2.05, 4.69) is 9.97 Å². The van der Waals surface area contributed by atoms with E-state index in [1.165, 1.54) is 18.2 Å². The molecule has 0 amide bonds. The van der Waals surface area contributed by atoms with E-state index in [9.17, 15) is 13.2 Å². The summed E-state index contributed by atoms with van der Waals surface area (Å²) in [6.45, 7) is 1.80. The molecule has 0 saturated heterocycles. The van der Waals surface area contributed by atoms with Crippen LogP contribution in [-0.2, 0) is 15.6 Å². The van der Waals surface area contributed by atoms with Crippen molar-refractivity contribution in [3.8, 4) is 5.75 Å². The van der Waals surface area contributed by atoms with E-state index in [1.54, 1.807) is 31.2 Å². The van der Waals surface area contributed by atoms with Gasteiger partial charge in [-0.2, -0.15) is 0 Å². The normalized spacial score (nSPS) is 11.3. The highest BCUT2D eigenvalue weighted by Gasteiger charge is 2.25. The van der Waals surface area contributed by atoms with Crippen LogP contribution in [-0.4, -0.2) is 24.4 Å². The molecule has 0 aliphatic carbocycles. The predicted octanol–water partition coefficient (Wildman–Crippen LogP) is 4.94. The maximum atomic E-state index is 12.7. The first-order valence-electron chi connectivity index (χ1n) is 8.14. The summed E-state index contributed by atoms with van der Waals surface area (Å²) in [6, 6.07) is 11.3. The predicted molar refractivity (Wildman–Crippen MR) is 111 cm³/mol. The molecule has 0 aliphatic rings. The Morgan fingerprint density at radius 2 is 1.79 bits per heavy atom. The lowest BCUT2D eigenvalue weighted by Gasteiger charge is -2.09. The largest absolute Gasteiger partial charge is 0.420 e. The van der Waals surface area contributed by atoms with Gasteiger partial charge in [0.15, 0.2) is 5.69 Å². The van der Waals surface area contributed by atoms with E-state index in [-0.39, 0.29) is 21.5 Å². The van der Waals surface area contributed by atoms with Gasteiger partial charge in [0, 0.05) is 5.02 Å². The molecule has 0 atom stereocenters. The van der Waals surface area contributed by atoms with Crippen molar-refractivity contribution >= 4 is 50.6 Å². The molecule has 6 nitrogen and oxygen atoms in total. The summed E-state index contributed by atoms with van der Waals surface area (Å²) >= 11 is 17.8. The minimum atomic E-state index is -3.93. The van der Waals surface area contributed by atoms with E-state index in [0.29, 0.717) is 10.6 Å². The van der Waals surface area contributed by atoms with E-state index < -0.39 is 26.7 Å². The maximum Gasteiger partial charge on any atom is 0.364 e. The van der Waals surface area contributed by atoms with Gasteiger partial charge >= 0.3 is 5.97 Å². The first-order valence-corrected chi connectivity index (χ1v) is 10.9. The highest BCUT2D eigenvalue weighted by atomic mass is 35.5. The summed E-state index contributed by atoms with van der Waals surface area (Å²) in [4.78, 5) is 20.1. The first kappa shape index (κ1) is 21.5. The zero-order chi connectivity index (χ0) is 21.2. The lowest BCUT2D eigenvalue weighted by Crippen LogP contribution is -2.17. The number of sulfone groups is 1. The molecular weight excluding hydrogens is 459 g/mol. The standard InChI is InChI=1S/C19H13Cl3N2O4S/c1-11-4-2-3-5-12(11)10-29(26,27)19-23-9-15(22)17(24-19)18(25)28-16-7-6-13(20)8-14(16)21/h2-9H,10H2,1H3. The van der Waals surface area contributed by atoms with Crippen molar-refractivity contribution in [2.24, 2.45) is 0 Å². The molecule has 0 radical (unpaired) electrons. The Labute approximate surface area is 182 Å². The molecule has 3 aromatic rings. The molecule has 0 fully saturated rings. The Kier molecular flexibility index (Phi) is 6.43. The molecule has 0 saturated carbocycles. The summed E-state index contributed by atoms with van der Waals surface area (Å²) in [6.07, 6.45) is 1.04. The van der Waals surface area contributed by atoms with Gasteiger partial charge in [-0.25, -0.2) is 23.2 Å². The van der Waals surface area contributed by atoms with Crippen molar-refractivity contribution in [2.45, 2.75) is 17.8 Å². The zero-order valence-electron chi connectivity index (χ0n) is 14.9. The lowest BCUT2D eigenvalue weighted by atomic mass is 10.1. The summed E-state index contributed by atoms with van der Waals surface area (Å²) in [7, 11) is -3.93. The van der Waals surface area contributed by atoms with Crippen LogP contribution in [0.2, 0.25) is 15.1 Å². The third-order valence-electron chi connectivity index (χ3n) is 3.90. The molecule has 0 aliphatic heterocycles. The van der Waals surface area contributed by atoms with Gasteiger partial charge in [-0.05, 0) is 36.2 Å². The number of aromatic nitrogens is 2. The average Bonchev–Trinajstić information content (AvgIpc) is 2.66. The number of aryl methyl sites for hydroxylation is 1. The monoisotopic (exact) mass is 470 g/mol. The van der Waals surface area contributed by atoms with E-state index >= 15 is 0 Å². The van der Waals surface area contributed by atoms with E-state index in [0.717, 1.165) is 11.8 Å². The number of benzene rings is 2. The van der Waals surface area contributed by atoms with Crippen LogP contribution in [0.15, 0.2) is 53.8 Å². The fourth-order valence-electron chi connectivity index (χ4n) is 2.39. The molecule has 1 heterocycles. The molecule has 1 aromatic heterocycles. The SMILES string of the molecule is Cc1ccccc1CS(=O)(=O)c1ncc(Cl)c(C(=O)Oc2ccc(Cl)cc2Cl)n1. The van der Waals surface area contributed by atoms with Crippen molar-refractivity contribution in [1.29, 1.82) is 0 Å². The lowest BCUT2D eigenvalue weighted by molar-refractivity contribution is 0.0727. The number of rotatable bonds is 5. The van der Waals surface area contributed by atoms with Crippen molar-refractivity contribution in [1.82, 2.24) is 9.97 Å². The molecule has 3 rings (SSSR count). The minimum absolute atomic E-state index is 0.0278. The van der Waals surface area contributed by atoms with Crippen LogP contribution in [0.3, 0.4) is 0 Å². The second-order valence-corrected chi connectivity index (χ2v) is 9.13.